The average molecular weight is 239 g/mol. The zero-order chi connectivity index (χ0) is 13.2. The predicted octanol–water partition coefficient (Wildman–Crippen LogP) is 4.01. The average Bonchev–Trinajstić information content (AvgIpc) is 2.80. The summed E-state index contributed by atoms with van der Waals surface area (Å²) in [6, 6.07) is 6.07. The van der Waals surface area contributed by atoms with Gasteiger partial charge in [0.15, 0.2) is 0 Å². The quantitative estimate of drug-likeness (QED) is 0.726. The molecule has 0 aliphatic carbocycles. The molecule has 92 valence electrons. The Morgan fingerprint density at radius 1 is 1.33 bits per heavy atom. The van der Waals surface area contributed by atoms with Crippen molar-refractivity contribution in [1.82, 2.24) is 9.55 Å². The standard InChI is InChI=1S/C15H17N3/c1-15(2,3)10-12-5-6-14(13(9-12)16-4)18-8-7-17-11-18/h5-9,11H,10H2,1-3H3. The van der Waals surface area contributed by atoms with Crippen molar-refractivity contribution in [2.24, 2.45) is 5.41 Å². The Kier molecular flexibility index (Phi) is 3.20. The van der Waals surface area contributed by atoms with Crippen molar-refractivity contribution in [3.63, 3.8) is 0 Å². The zero-order valence-electron chi connectivity index (χ0n) is 11.0. The minimum absolute atomic E-state index is 0.232. The smallest absolute Gasteiger partial charge is 0.210 e. The molecule has 0 unspecified atom stereocenters. The molecule has 0 aliphatic heterocycles. The minimum atomic E-state index is 0.232. The van der Waals surface area contributed by atoms with Crippen LogP contribution in [0.3, 0.4) is 0 Å². The van der Waals surface area contributed by atoms with Crippen molar-refractivity contribution < 1.29 is 0 Å². The Balaban J connectivity index is 2.39. The highest BCUT2D eigenvalue weighted by atomic mass is 15.0. The van der Waals surface area contributed by atoms with Crippen LogP contribution in [0.25, 0.3) is 10.5 Å². The van der Waals surface area contributed by atoms with Crippen molar-refractivity contribution in [2.75, 3.05) is 0 Å². The van der Waals surface area contributed by atoms with Crippen molar-refractivity contribution in [2.45, 2.75) is 27.2 Å². The van der Waals surface area contributed by atoms with Gasteiger partial charge in [-0.15, -0.1) is 0 Å². The largest absolute Gasteiger partial charge is 0.316 e. The van der Waals surface area contributed by atoms with Crippen LogP contribution in [0, 0.1) is 12.0 Å². The lowest BCUT2D eigenvalue weighted by Gasteiger charge is -2.18. The third kappa shape index (κ3) is 2.78. The van der Waals surface area contributed by atoms with Gasteiger partial charge < -0.3 is 4.57 Å². The number of imidazole rings is 1. The fraction of sp³-hybridized carbons (Fsp3) is 0.333. The van der Waals surface area contributed by atoms with Crippen molar-refractivity contribution in [3.8, 4) is 5.69 Å². The number of benzene rings is 1. The number of rotatable bonds is 2. The first kappa shape index (κ1) is 12.4. The Morgan fingerprint density at radius 3 is 2.67 bits per heavy atom. The molecule has 0 bridgehead atoms. The van der Waals surface area contributed by atoms with Gasteiger partial charge in [-0.3, -0.25) is 0 Å². The first-order valence-electron chi connectivity index (χ1n) is 5.98. The third-order valence-corrected chi connectivity index (χ3v) is 2.68. The monoisotopic (exact) mass is 239 g/mol. The lowest BCUT2D eigenvalue weighted by Crippen LogP contribution is -2.09. The molecule has 3 heteroatoms. The maximum atomic E-state index is 7.31. The van der Waals surface area contributed by atoms with Gasteiger partial charge in [0.2, 0.25) is 5.69 Å². The van der Waals surface area contributed by atoms with Crippen LogP contribution in [0.1, 0.15) is 26.3 Å². The van der Waals surface area contributed by atoms with Crippen molar-refractivity contribution in [1.29, 1.82) is 0 Å². The molecule has 3 nitrogen and oxygen atoms in total. The van der Waals surface area contributed by atoms with Gasteiger partial charge in [-0.25, -0.2) is 9.83 Å². The molecular weight excluding hydrogens is 222 g/mol. The Morgan fingerprint density at radius 2 is 2.11 bits per heavy atom. The lowest BCUT2D eigenvalue weighted by atomic mass is 9.88. The van der Waals surface area contributed by atoms with Crippen molar-refractivity contribution >= 4 is 5.69 Å². The highest BCUT2D eigenvalue weighted by Crippen LogP contribution is 2.28. The lowest BCUT2D eigenvalue weighted by molar-refractivity contribution is 0.411. The summed E-state index contributed by atoms with van der Waals surface area (Å²) in [6.45, 7) is 13.9. The maximum absolute atomic E-state index is 7.31. The number of nitrogens with zero attached hydrogens (tertiary/aromatic N) is 3. The topological polar surface area (TPSA) is 22.2 Å². The van der Waals surface area contributed by atoms with E-state index in [4.69, 9.17) is 6.57 Å². The minimum Gasteiger partial charge on any atom is -0.316 e. The van der Waals surface area contributed by atoms with Crippen LogP contribution < -0.4 is 0 Å². The summed E-state index contributed by atoms with van der Waals surface area (Å²) in [5.74, 6) is 0. The molecule has 1 aromatic carbocycles. The van der Waals surface area contributed by atoms with E-state index in [1.807, 2.05) is 22.9 Å². The summed E-state index contributed by atoms with van der Waals surface area (Å²) in [6.07, 6.45) is 6.26. The molecule has 0 saturated heterocycles. The SMILES string of the molecule is [C-]#[N+]c1cc(CC(C)(C)C)ccc1-n1ccnc1. The van der Waals surface area contributed by atoms with E-state index in [0.29, 0.717) is 5.69 Å². The first-order valence-corrected chi connectivity index (χ1v) is 5.98. The molecule has 0 atom stereocenters. The molecule has 1 heterocycles. The second-order valence-corrected chi connectivity index (χ2v) is 5.64. The summed E-state index contributed by atoms with van der Waals surface area (Å²) < 4.78 is 1.87. The fourth-order valence-corrected chi connectivity index (χ4v) is 2.00. The van der Waals surface area contributed by atoms with E-state index in [1.165, 1.54) is 5.56 Å². The number of aromatic nitrogens is 2. The molecule has 1 aromatic heterocycles. The third-order valence-electron chi connectivity index (χ3n) is 2.68. The van der Waals surface area contributed by atoms with Crippen molar-refractivity contribution in [3.05, 3.63) is 53.9 Å². The Bertz CT molecular complexity index is 569. The zero-order valence-corrected chi connectivity index (χ0v) is 11.0. The number of hydrogen-bond donors (Lipinski definition) is 0. The second-order valence-electron chi connectivity index (χ2n) is 5.64. The molecule has 18 heavy (non-hydrogen) atoms. The van der Waals surface area contributed by atoms with Gasteiger partial charge in [0, 0.05) is 12.4 Å². The van der Waals surface area contributed by atoms with Gasteiger partial charge in [0.25, 0.3) is 0 Å². The Labute approximate surface area is 108 Å². The highest BCUT2D eigenvalue weighted by molar-refractivity contribution is 5.63. The van der Waals surface area contributed by atoms with E-state index < -0.39 is 0 Å². The first-order chi connectivity index (χ1) is 8.49. The van der Waals surface area contributed by atoms with Gasteiger partial charge in [-0.1, -0.05) is 38.5 Å². The molecule has 0 radical (unpaired) electrons. The summed E-state index contributed by atoms with van der Waals surface area (Å²) >= 11 is 0. The van der Waals surface area contributed by atoms with Crippen LogP contribution in [0.2, 0.25) is 0 Å². The van der Waals surface area contributed by atoms with Gasteiger partial charge >= 0.3 is 0 Å². The molecule has 0 spiro atoms. The van der Waals surface area contributed by atoms with E-state index in [-0.39, 0.29) is 5.41 Å². The van der Waals surface area contributed by atoms with E-state index in [0.717, 1.165) is 12.1 Å². The van der Waals surface area contributed by atoms with Crippen LogP contribution in [0.15, 0.2) is 36.9 Å². The summed E-state index contributed by atoms with van der Waals surface area (Å²) in [7, 11) is 0. The highest BCUT2D eigenvalue weighted by Gasteiger charge is 2.13. The summed E-state index contributed by atoms with van der Waals surface area (Å²) in [5, 5.41) is 0. The maximum Gasteiger partial charge on any atom is 0.210 e. The van der Waals surface area contributed by atoms with Crippen LogP contribution in [0.4, 0.5) is 5.69 Å². The van der Waals surface area contributed by atoms with Crippen LogP contribution in [-0.4, -0.2) is 9.55 Å². The van der Waals surface area contributed by atoms with E-state index in [2.05, 4.69) is 36.7 Å². The van der Waals surface area contributed by atoms with Gasteiger partial charge in [0.1, 0.15) is 0 Å². The van der Waals surface area contributed by atoms with Gasteiger partial charge in [-0.2, -0.15) is 0 Å². The Hall–Kier alpha value is -2.08. The van der Waals surface area contributed by atoms with E-state index in [9.17, 15) is 0 Å². The molecule has 0 aliphatic rings. The second kappa shape index (κ2) is 4.66. The van der Waals surface area contributed by atoms with Gasteiger partial charge in [0.05, 0.1) is 18.6 Å². The number of hydrogen-bond acceptors (Lipinski definition) is 1. The van der Waals surface area contributed by atoms with Crippen LogP contribution >= 0.6 is 0 Å². The normalized spacial score (nSPS) is 11.2. The van der Waals surface area contributed by atoms with E-state index in [1.54, 1.807) is 12.5 Å². The molecule has 2 rings (SSSR count). The summed E-state index contributed by atoms with van der Waals surface area (Å²) in [4.78, 5) is 7.63. The molecule has 0 amide bonds. The van der Waals surface area contributed by atoms with Crippen LogP contribution in [0.5, 0.6) is 0 Å². The summed E-state index contributed by atoms with van der Waals surface area (Å²) in [5.41, 5.74) is 3.00. The predicted molar refractivity (Wildman–Crippen MR) is 73.0 cm³/mol. The fourth-order valence-electron chi connectivity index (χ4n) is 2.00. The van der Waals surface area contributed by atoms with Gasteiger partial charge in [-0.05, 0) is 17.9 Å². The van der Waals surface area contributed by atoms with Crippen LogP contribution in [-0.2, 0) is 6.42 Å². The van der Waals surface area contributed by atoms with E-state index >= 15 is 0 Å². The molecule has 0 N–H and O–H groups in total. The molecule has 2 aromatic rings. The molecule has 0 saturated carbocycles. The molecular formula is C15H17N3. The molecule has 0 fully saturated rings.